The van der Waals surface area contributed by atoms with Crippen LogP contribution in [0.1, 0.15) is 25.3 Å². The number of rotatable bonds is 6. The van der Waals surface area contributed by atoms with Gasteiger partial charge >= 0.3 is 0 Å². The topological polar surface area (TPSA) is 32.3 Å². The summed E-state index contributed by atoms with van der Waals surface area (Å²) in [5.41, 5.74) is 1.19. The van der Waals surface area contributed by atoms with E-state index in [1.165, 1.54) is 5.56 Å². The Kier molecular flexibility index (Phi) is 7.00. The van der Waals surface area contributed by atoms with Gasteiger partial charge in [-0.3, -0.25) is 4.79 Å². The Labute approximate surface area is 135 Å². The van der Waals surface area contributed by atoms with Crippen molar-refractivity contribution in [2.75, 3.05) is 13.6 Å². The molecule has 0 bridgehead atoms. The van der Waals surface area contributed by atoms with E-state index in [0.717, 1.165) is 30.4 Å². The van der Waals surface area contributed by atoms with Gasteiger partial charge in [-0.15, -0.1) is 12.4 Å². The van der Waals surface area contributed by atoms with Crippen molar-refractivity contribution >= 4 is 34.2 Å². The van der Waals surface area contributed by atoms with E-state index < -0.39 is 0 Å². The van der Waals surface area contributed by atoms with E-state index in [4.69, 9.17) is 0 Å². The molecule has 1 aromatic rings. The molecule has 0 saturated heterocycles. The summed E-state index contributed by atoms with van der Waals surface area (Å²) >= 11 is 3.48. The van der Waals surface area contributed by atoms with Crippen LogP contribution in [-0.2, 0) is 11.3 Å². The Morgan fingerprint density at radius 1 is 1.50 bits per heavy atom. The Bertz CT molecular complexity index is 451. The normalized spacial score (nSPS) is 15.3. The fourth-order valence-electron chi connectivity index (χ4n) is 2.28. The molecule has 1 fully saturated rings. The average Bonchev–Trinajstić information content (AvgIpc) is 3.20. The van der Waals surface area contributed by atoms with Gasteiger partial charge in [-0.25, -0.2) is 0 Å². The molecule has 1 aliphatic rings. The van der Waals surface area contributed by atoms with Crippen molar-refractivity contribution in [1.82, 2.24) is 10.2 Å². The van der Waals surface area contributed by atoms with E-state index in [1.807, 2.05) is 31.0 Å². The molecule has 0 aromatic heterocycles. The first-order valence-corrected chi connectivity index (χ1v) is 7.60. The zero-order valence-corrected chi connectivity index (χ0v) is 14.3. The second-order valence-electron chi connectivity index (χ2n) is 5.29. The van der Waals surface area contributed by atoms with E-state index in [9.17, 15) is 4.79 Å². The number of amides is 1. The summed E-state index contributed by atoms with van der Waals surface area (Å²) in [7, 11) is 1.89. The first-order chi connectivity index (χ1) is 9.11. The second kappa shape index (κ2) is 8.01. The third-order valence-corrected chi connectivity index (χ3v) is 3.94. The standard InChI is InChI=1S/C15H21BrN2O.ClH/c1-11(9-17-2)15(19)18(14-6-7-14)10-12-4-3-5-13(16)8-12;/h3-5,8,11,14,17H,6-7,9-10H2,1-2H3;1H. The zero-order chi connectivity index (χ0) is 13.8. The van der Waals surface area contributed by atoms with Crippen LogP contribution in [-0.4, -0.2) is 30.4 Å². The van der Waals surface area contributed by atoms with Gasteiger partial charge in [0.15, 0.2) is 0 Å². The van der Waals surface area contributed by atoms with Crippen molar-refractivity contribution in [1.29, 1.82) is 0 Å². The first-order valence-electron chi connectivity index (χ1n) is 6.81. The number of carbonyl (C=O) groups is 1. The second-order valence-corrected chi connectivity index (χ2v) is 6.20. The first kappa shape index (κ1) is 17.5. The maximum atomic E-state index is 12.5. The Hall–Kier alpha value is -0.580. The molecule has 1 amide bonds. The van der Waals surface area contributed by atoms with Gasteiger partial charge in [0.25, 0.3) is 0 Å². The van der Waals surface area contributed by atoms with Gasteiger partial charge in [-0.2, -0.15) is 0 Å². The smallest absolute Gasteiger partial charge is 0.227 e. The molecule has 1 saturated carbocycles. The lowest BCUT2D eigenvalue weighted by Gasteiger charge is -2.26. The van der Waals surface area contributed by atoms with Crippen molar-refractivity contribution in [3.8, 4) is 0 Å². The molecule has 0 aliphatic heterocycles. The summed E-state index contributed by atoms with van der Waals surface area (Å²) in [4.78, 5) is 14.5. The summed E-state index contributed by atoms with van der Waals surface area (Å²) in [6.07, 6.45) is 2.29. The highest BCUT2D eigenvalue weighted by Gasteiger charge is 2.34. The van der Waals surface area contributed by atoms with Gasteiger partial charge in [-0.1, -0.05) is 35.0 Å². The largest absolute Gasteiger partial charge is 0.335 e. The lowest BCUT2D eigenvalue weighted by atomic mass is 10.1. The van der Waals surface area contributed by atoms with Gasteiger partial charge in [0.05, 0.1) is 0 Å². The molecule has 0 spiro atoms. The van der Waals surface area contributed by atoms with Crippen LogP contribution in [0, 0.1) is 5.92 Å². The Morgan fingerprint density at radius 3 is 2.75 bits per heavy atom. The fourth-order valence-corrected chi connectivity index (χ4v) is 2.73. The van der Waals surface area contributed by atoms with E-state index in [-0.39, 0.29) is 24.2 Å². The molecule has 0 radical (unpaired) electrons. The third-order valence-electron chi connectivity index (χ3n) is 3.44. The molecule has 3 nitrogen and oxygen atoms in total. The maximum Gasteiger partial charge on any atom is 0.227 e. The number of benzene rings is 1. The van der Waals surface area contributed by atoms with E-state index in [1.54, 1.807) is 0 Å². The number of hydrogen-bond donors (Lipinski definition) is 1. The van der Waals surface area contributed by atoms with E-state index >= 15 is 0 Å². The monoisotopic (exact) mass is 360 g/mol. The quantitative estimate of drug-likeness (QED) is 0.844. The highest BCUT2D eigenvalue weighted by Crippen LogP contribution is 2.30. The van der Waals surface area contributed by atoms with Crippen molar-refractivity contribution in [3.05, 3.63) is 34.3 Å². The number of hydrogen-bond acceptors (Lipinski definition) is 2. The zero-order valence-electron chi connectivity index (χ0n) is 11.9. The third kappa shape index (κ3) is 4.76. The van der Waals surface area contributed by atoms with Crippen LogP contribution >= 0.6 is 28.3 Å². The summed E-state index contributed by atoms with van der Waals surface area (Å²) < 4.78 is 1.07. The van der Waals surface area contributed by atoms with Crippen molar-refractivity contribution in [2.24, 2.45) is 5.92 Å². The van der Waals surface area contributed by atoms with Crippen LogP contribution < -0.4 is 5.32 Å². The number of nitrogens with one attached hydrogen (secondary N) is 1. The fraction of sp³-hybridized carbons (Fsp3) is 0.533. The van der Waals surface area contributed by atoms with Crippen molar-refractivity contribution < 1.29 is 4.79 Å². The van der Waals surface area contributed by atoms with Crippen LogP contribution in [0.4, 0.5) is 0 Å². The molecule has 5 heteroatoms. The number of carbonyl (C=O) groups excluding carboxylic acids is 1. The molecular weight excluding hydrogens is 340 g/mol. The molecule has 20 heavy (non-hydrogen) atoms. The molecular formula is C15H22BrClN2O. The summed E-state index contributed by atoms with van der Waals surface area (Å²) in [5.74, 6) is 0.301. The highest BCUT2D eigenvalue weighted by atomic mass is 79.9. The summed E-state index contributed by atoms with van der Waals surface area (Å²) in [5, 5.41) is 3.08. The van der Waals surface area contributed by atoms with Crippen LogP contribution in [0.5, 0.6) is 0 Å². The van der Waals surface area contributed by atoms with Crippen LogP contribution in [0.2, 0.25) is 0 Å². The number of nitrogens with zero attached hydrogens (tertiary/aromatic N) is 1. The number of halogens is 2. The lowest BCUT2D eigenvalue weighted by Crippen LogP contribution is -2.39. The van der Waals surface area contributed by atoms with Gasteiger partial charge in [0.1, 0.15) is 0 Å². The molecule has 112 valence electrons. The van der Waals surface area contributed by atoms with Crippen molar-refractivity contribution in [2.45, 2.75) is 32.4 Å². The van der Waals surface area contributed by atoms with Gasteiger partial charge in [0, 0.05) is 29.5 Å². The average molecular weight is 362 g/mol. The van der Waals surface area contributed by atoms with Gasteiger partial charge < -0.3 is 10.2 Å². The predicted octanol–water partition coefficient (Wildman–Crippen LogP) is 3.22. The molecule has 1 N–H and O–H groups in total. The summed E-state index contributed by atoms with van der Waals surface area (Å²) in [6.45, 7) is 3.45. The Balaban J connectivity index is 0.00000200. The van der Waals surface area contributed by atoms with E-state index in [2.05, 4.69) is 33.4 Å². The van der Waals surface area contributed by atoms with Gasteiger partial charge in [-0.05, 0) is 37.6 Å². The van der Waals surface area contributed by atoms with Gasteiger partial charge in [0.2, 0.25) is 5.91 Å². The lowest BCUT2D eigenvalue weighted by molar-refractivity contribution is -0.136. The molecule has 2 rings (SSSR count). The predicted molar refractivity (Wildman–Crippen MR) is 88.1 cm³/mol. The molecule has 1 aliphatic carbocycles. The van der Waals surface area contributed by atoms with Crippen LogP contribution in [0.15, 0.2) is 28.7 Å². The molecule has 1 atom stereocenters. The van der Waals surface area contributed by atoms with E-state index in [0.29, 0.717) is 6.04 Å². The molecule has 1 aromatic carbocycles. The SMILES string of the molecule is CNCC(C)C(=O)N(Cc1cccc(Br)c1)C1CC1.Cl. The molecule has 1 unspecified atom stereocenters. The minimum atomic E-state index is 0. The summed E-state index contributed by atoms with van der Waals surface area (Å²) in [6, 6.07) is 8.65. The molecule has 0 heterocycles. The Morgan fingerprint density at radius 2 is 2.20 bits per heavy atom. The minimum absolute atomic E-state index is 0. The maximum absolute atomic E-state index is 12.5. The minimum Gasteiger partial charge on any atom is -0.335 e. The highest BCUT2D eigenvalue weighted by molar-refractivity contribution is 9.10. The van der Waals surface area contributed by atoms with Crippen LogP contribution in [0.3, 0.4) is 0 Å². The van der Waals surface area contributed by atoms with Crippen molar-refractivity contribution in [3.63, 3.8) is 0 Å². The van der Waals surface area contributed by atoms with Crippen LogP contribution in [0.25, 0.3) is 0 Å².